The molecule has 3 amide bonds. The number of ether oxygens (including phenoxy) is 1. The van der Waals surface area contributed by atoms with Gasteiger partial charge in [-0.2, -0.15) is 0 Å². The summed E-state index contributed by atoms with van der Waals surface area (Å²) in [4.78, 5) is 37.1. The quantitative estimate of drug-likeness (QED) is 0.234. The fraction of sp³-hybridized carbons (Fsp3) is 0.667. The minimum atomic E-state index is -3.47. The first-order chi connectivity index (χ1) is 18.5. The molecule has 6 N–H and O–H groups in total. The molecule has 0 aliphatic heterocycles. The average molecular weight is 559 g/mol. The van der Waals surface area contributed by atoms with Gasteiger partial charge in [-0.05, 0) is 30.7 Å². The van der Waals surface area contributed by atoms with E-state index in [1.165, 1.54) is 12.2 Å². The molecule has 0 aromatic heterocycles. The molecular formula is C27H38F4N4O4. The summed E-state index contributed by atoms with van der Waals surface area (Å²) >= 11 is 0. The van der Waals surface area contributed by atoms with Crippen molar-refractivity contribution in [1.82, 2.24) is 5.32 Å². The number of hydrogen-bond donors (Lipinski definition) is 4. The van der Waals surface area contributed by atoms with Crippen molar-refractivity contribution in [2.45, 2.75) is 95.8 Å². The minimum Gasteiger partial charge on any atom is -0.410 e. The molecule has 2 aliphatic carbocycles. The summed E-state index contributed by atoms with van der Waals surface area (Å²) in [6.45, 7) is 1.18. The number of carbonyl (C=O) groups is 3. The Hall–Kier alpha value is -2.89. The van der Waals surface area contributed by atoms with Crippen LogP contribution in [-0.2, 0) is 9.59 Å². The zero-order chi connectivity index (χ0) is 28.7. The van der Waals surface area contributed by atoms with Crippen LogP contribution in [0.3, 0.4) is 0 Å². The first-order valence-electron chi connectivity index (χ1n) is 13.6. The Labute approximate surface area is 225 Å². The van der Waals surface area contributed by atoms with Gasteiger partial charge in [0.2, 0.25) is 18.1 Å². The van der Waals surface area contributed by atoms with Crippen LogP contribution in [0.15, 0.2) is 12.1 Å². The first kappa shape index (κ1) is 30.6. The maximum Gasteiger partial charge on any atom is 0.409 e. The van der Waals surface area contributed by atoms with Gasteiger partial charge in [-0.25, -0.2) is 22.4 Å². The molecule has 0 radical (unpaired) electrons. The number of benzene rings is 1. The summed E-state index contributed by atoms with van der Waals surface area (Å²) in [5.74, 6) is -4.01. The van der Waals surface area contributed by atoms with E-state index in [2.05, 4.69) is 5.32 Å². The van der Waals surface area contributed by atoms with Gasteiger partial charge in [-0.15, -0.1) is 0 Å². The van der Waals surface area contributed by atoms with Crippen LogP contribution < -0.4 is 26.8 Å². The maximum absolute atomic E-state index is 15.2. The number of rotatable bonds is 10. The van der Waals surface area contributed by atoms with Crippen LogP contribution in [0.5, 0.6) is 5.75 Å². The predicted molar refractivity (Wildman–Crippen MR) is 137 cm³/mol. The lowest BCUT2D eigenvalue weighted by Gasteiger charge is -2.40. The largest absolute Gasteiger partial charge is 0.410 e. The molecular weight excluding hydrogens is 520 g/mol. The van der Waals surface area contributed by atoms with Crippen LogP contribution >= 0.6 is 0 Å². The summed E-state index contributed by atoms with van der Waals surface area (Å²) in [5, 5.41) is 3.97. The SMILES string of the molecule is CC(C(=O)NC(F)C(F)F)c1cc(F)c(NC(=O)C(N)C(C2CCCCC2)C2CCCCC2)cc1OC(N)=O. The van der Waals surface area contributed by atoms with E-state index in [-0.39, 0.29) is 22.9 Å². The van der Waals surface area contributed by atoms with Crippen molar-refractivity contribution in [3.8, 4) is 5.75 Å². The van der Waals surface area contributed by atoms with E-state index < -0.39 is 48.4 Å². The van der Waals surface area contributed by atoms with Crippen molar-refractivity contribution >= 4 is 23.6 Å². The maximum atomic E-state index is 15.2. The molecule has 3 atom stereocenters. The summed E-state index contributed by atoms with van der Waals surface area (Å²) in [6, 6.07) is 0.885. The Morgan fingerprint density at radius 1 is 0.923 bits per heavy atom. The summed E-state index contributed by atoms with van der Waals surface area (Å²) in [5.41, 5.74) is 11.0. The van der Waals surface area contributed by atoms with Crippen LogP contribution in [-0.4, -0.2) is 36.7 Å². The van der Waals surface area contributed by atoms with E-state index in [9.17, 15) is 27.6 Å². The topological polar surface area (TPSA) is 137 Å². The molecule has 3 unspecified atom stereocenters. The molecule has 2 saturated carbocycles. The molecule has 0 spiro atoms. The Bertz CT molecular complexity index is 998. The normalized spacial score (nSPS) is 19.4. The minimum absolute atomic E-state index is 0.0542. The zero-order valence-electron chi connectivity index (χ0n) is 22.1. The van der Waals surface area contributed by atoms with Gasteiger partial charge in [0.1, 0.15) is 11.6 Å². The van der Waals surface area contributed by atoms with Crippen molar-refractivity contribution in [3.05, 3.63) is 23.5 Å². The standard InChI is InChI=1S/C27H38F4N4O4/c1-14(25(36)35-24(31)23(29)30)17-12-18(28)19(13-20(17)39-27(33)38)34-26(37)22(32)21(15-8-4-2-5-9-15)16-10-6-3-7-11-16/h12-16,21-24H,2-11,32H2,1H3,(H2,33,38)(H,34,37)(H,35,36). The van der Waals surface area contributed by atoms with Gasteiger partial charge in [0.15, 0.2) is 0 Å². The van der Waals surface area contributed by atoms with Gasteiger partial charge in [-0.3, -0.25) is 9.59 Å². The number of halogens is 4. The molecule has 3 rings (SSSR count). The van der Waals surface area contributed by atoms with Crippen LogP contribution in [0.1, 0.15) is 82.6 Å². The van der Waals surface area contributed by atoms with E-state index in [1.54, 1.807) is 0 Å². The average Bonchev–Trinajstić information content (AvgIpc) is 2.90. The van der Waals surface area contributed by atoms with E-state index >= 15 is 4.39 Å². The van der Waals surface area contributed by atoms with Crippen molar-refractivity contribution < 1.29 is 36.7 Å². The molecule has 12 heteroatoms. The zero-order valence-corrected chi connectivity index (χ0v) is 22.1. The third-order valence-corrected chi connectivity index (χ3v) is 8.03. The van der Waals surface area contributed by atoms with Crippen LogP contribution in [0, 0.1) is 23.6 Å². The highest BCUT2D eigenvalue weighted by Gasteiger charge is 2.38. The molecule has 0 saturated heterocycles. The van der Waals surface area contributed by atoms with Crippen LogP contribution in [0.4, 0.5) is 28.0 Å². The molecule has 1 aromatic carbocycles. The number of nitrogens with one attached hydrogen (secondary N) is 2. The predicted octanol–water partition coefficient (Wildman–Crippen LogP) is 5.11. The molecule has 0 heterocycles. The number of amides is 3. The van der Waals surface area contributed by atoms with Crippen molar-refractivity contribution in [1.29, 1.82) is 0 Å². The monoisotopic (exact) mass is 558 g/mol. The van der Waals surface area contributed by atoms with E-state index in [0.717, 1.165) is 76.3 Å². The van der Waals surface area contributed by atoms with Crippen LogP contribution in [0.25, 0.3) is 0 Å². The Morgan fingerprint density at radius 3 is 1.95 bits per heavy atom. The van der Waals surface area contributed by atoms with Crippen LogP contribution in [0.2, 0.25) is 0 Å². The van der Waals surface area contributed by atoms with E-state index in [4.69, 9.17) is 16.2 Å². The second-order valence-electron chi connectivity index (χ2n) is 10.6. The number of anilines is 1. The lowest BCUT2D eigenvalue weighted by Crippen LogP contribution is -2.48. The number of nitrogens with two attached hydrogens (primary N) is 2. The highest BCUT2D eigenvalue weighted by atomic mass is 19.3. The third-order valence-electron chi connectivity index (χ3n) is 8.03. The Balaban J connectivity index is 1.84. The Morgan fingerprint density at radius 2 is 1.46 bits per heavy atom. The molecule has 39 heavy (non-hydrogen) atoms. The lowest BCUT2D eigenvalue weighted by molar-refractivity contribution is -0.126. The third kappa shape index (κ3) is 8.06. The van der Waals surface area contributed by atoms with Crippen molar-refractivity contribution in [2.24, 2.45) is 29.2 Å². The summed E-state index contributed by atoms with van der Waals surface area (Å²) in [6.07, 6.45) is 2.90. The second-order valence-corrected chi connectivity index (χ2v) is 10.6. The highest BCUT2D eigenvalue weighted by molar-refractivity contribution is 5.95. The number of carbonyl (C=O) groups excluding carboxylic acids is 3. The number of primary amides is 1. The van der Waals surface area contributed by atoms with E-state index in [1.807, 2.05) is 0 Å². The van der Waals surface area contributed by atoms with Crippen molar-refractivity contribution in [2.75, 3.05) is 5.32 Å². The molecule has 0 bridgehead atoms. The first-order valence-corrected chi connectivity index (χ1v) is 13.6. The smallest absolute Gasteiger partial charge is 0.409 e. The van der Waals surface area contributed by atoms with Crippen molar-refractivity contribution in [3.63, 3.8) is 0 Å². The van der Waals surface area contributed by atoms with Gasteiger partial charge in [0.05, 0.1) is 17.6 Å². The number of alkyl halides is 3. The van der Waals surface area contributed by atoms with Gasteiger partial charge >= 0.3 is 6.09 Å². The molecule has 2 fully saturated rings. The second kappa shape index (κ2) is 14.0. The van der Waals surface area contributed by atoms with Gasteiger partial charge in [0.25, 0.3) is 6.43 Å². The van der Waals surface area contributed by atoms with E-state index in [0.29, 0.717) is 11.8 Å². The van der Waals surface area contributed by atoms with Gasteiger partial charge in [0, 0.05) is 11.6 Å². The van der Waals surface area contributed by atoms with Gasteiger partial charge < -0.3 is 26.8 Å². The lowest BCUT2D eigenvalue weighted by atomic mass is 9.66. The molecule has 8 nitrogen and oxygen atoms in total. The fourth-order valence-electron chi connectivity index (χ4n) is 6.07. The molecule has 1 aromatic rings. The molecule has 2 aliphatic rings. The fourth-order valence-corrected chi connectivity index (χ4v) is 6.07. The highest BCUT2D eigenvalue weighted by Crippen LogP contribution is 2.42. The number of hydrogen-bond acceptors (Lipinski definition) is 5. The van der Waals surface area contributed by atoms with Gasteiger partial charge in [-0.1, -0.05) is 64.2 Å². The Kier molecular flexibility index (Phi) is 11.0. The summed E-state index contributed by atoms with van der Waals surface area (Å²) in [7, 11) is 0. The molecule has 218 valence electrons. The summed E-state index contributed by atoms with van der Waals surface area (Å²) < 4.78 is 58.4.